The number of nitrogens with zero attached hydrogens (tertiary/aromatic N) is 3. The van der Waals surface area contributed by atoms with Crippen molar-refractivity contribution in [2.45, 2.75) is 62.6 Å². The van der Waals surface area contributed by atoms with E-state index in [-0.39, 0.29) is 5.91 Å². The number of benzene rings is 1. The van der Waals surface area contributed by atoms with Crippen molar-refractivity contribution in [2.75, 3.05) is 18.8 Å². The van der Waals surface area contributed by atoms with Crippen LogP contribution in [0, 0.1) is 0 Å². The SMILES string of the molecule is O=C(CSc1nc2ccccc2n1C1CCCCC1)N1CCCCC1. The average molecular weight is 358 g/mol. The lowest BCUT2D eigenvalue weighted by Crippen LogP contribution is -2.36. The molecule has 1 saturated carbocycles. The Morgan fingerprint density at radius 1 is 1.04 bits per heavy atom. The molecule has 0 atom stereocenters. The fourth-order valence-electron chi connectivity index (χ4n) is 4.18. The number of likely N-dealkylation sites (tertiary alicyclic amines) is 1. The topological polar surface area (TPSA) is 38.1 Å². The Hall–Kier alpha value is -1.49. The van der Waals surface area contributed by atoms with Gasteiger partial charge in [-0.15, -0.1) is 0 Å². The second kappa shape index (κ2) is 7.81. The van der Waals surface area contributed by atoms with Gasteiger partial charge in [0.1, 0.15) is 0 Å². The van der Waals surface area contributed by atoms with Crippen LogP contribution in [-0.2, 0) is 4.79 Å². The van der Waals surface area contributed by atoms with Gasteiger partial charge in [-0.25, -0.2) is 4.98 Å². The standard InChI is InChI=1S/C20H27N3OS/c24-19(22-13-7-2-8-14-22)15-25-20-21-17-11-5-6-12-18(17)23(20)16-9-3-1-4-10-16/h5-6,11-12,16H,1-4,7-10,13-15H2. The van der Waals surface area contributed by atoms with Crippen LogP contribution in [0.4, 0.5) is 0 Å². The highest BCUT2D eigenvalue weighted by atomic mass is 32.2. The second-order valence-corrected chi connectivity index (χ2v) is 8.22. The molecule has 4 nitrogen and oxygen atoms in total. The van der Waals surface area contributed by atoms with Crippen molar-refractivity contribution in [3.8, 4) is 0 Å². The molecule has 2 heterocycles. The number of piperidine rings is 1. The van der Waals surface area contributed by atoms with E-state index in [0.717, 1.165) is 36.6 Å². The van der Waals surface area contributed by atoms with E-state index in [2.05, 4.69) is 22.8 Å². The molecule has 2 aliphatic rings. The molecule has 2 aromatic rings. The first-order valence-corrected chi connectivity index (χ1v) is 10.7. The minimum Gasteiger partial charge on any atom is -0.342 e. The molecule has 1 aliphatic carbocycles. The molecule has 4 rings (SSSR count). The van der Waals surface area contributed by atoms with Gasteiger partial charge in [-0.2, -0.15) is 0 Å². The van der Waals surface area contributed by atoms with Gasteiger partial charge in [0.2, 0.25) is 5.91 Å². The molecule has 1 aromatic carbocycles. The van der Waals surface area contributed by atoms with Crippen LogP contribution in [0.1, 0.15) is 57.4 Å². The third-order valence-corrected chi connectivity index (χ3v) is 6.47. The highest BCUT2D eigenvalue weighted by molar-refractivity contribution is 7.99. The van der Waals surface area contributed by atoms with E-state index < -0.39 is 0 Å². The highest BCUT2D eigenvalue weighted by Crippen LogP contribution is 2.35. The molecule has 134 valence electrons. The molecule has 1 aromatic heterocycles. The van der Waals surface area contributed by atoms with Crippen molar-refractivity contribution >= 4 is 28.7 Å². The summed E-state index contributed by atoms with van der Waals surface area (Å²) in [5, 5.41) is 1.03. The maximum Gasteiger partial charge on any atom is 0.233 e. The van der Waals surface area contributed by atoms with Crippen molar-refractivity contribution in [3.63, 3.8) is 0 Å². The van der Waals surface area contributed by atoms with E-state index in [1.165, 1.54) is 44.0 Å². The van der Waals surface area contributed by atoms with Gasteiger partial charge in [-0.05, 0) is 44.2 Å². The van der Waals surface area contributed by atoms with Crippen LogP contribution in [0.5, 0.6) is 0 Å². The number of amides is 1. The molecule has 0 unspecified atom stereocenters. The predicted molar refractivity (Wildman–Crippen MR) is 103 cm³/mol. The molecule has 0 spiro atoms. The zero-order valence-corrected chi connectivity index (χ0v) is 15.6. The number of fused-ring (bicyclic) bond motifs is 1. The third kappa shape index (κ3) is 3.71. The Bertz CT molecular complexity index is 730. The number of hydrogen-bond donors (Lipinski definition) is 0. The summed E-state index contributed by atoms with van der Waals surface area (Å²) in [5.74, 6) is 0.780. The van der Waals surface area contributed by atoms with Gasteiger partial charge < -0.3 is 9.47 Å². The Balaban J connectivity index is 1.54. The van der Waals surface area contributed by atoms with E-state index in [4.69, 9.17) is 4.98 Å². The number of rotatable bonds is 4. The summed E-state index contributed by atoms with van der Waals surface area (Å²) < 4.78 is 2.42. The molecule has 25 heavy (non-hydrogen) atoms. The number of thioether (sulfide) groups is 1. The van der Waals surface area contributed by atoms with E-state index in [1.54, 1.807) is 11.8 Å². The quantitative estimate of drug-likeness (QED) is 0.748. The monoisotopic (exact) mass is 357 g/mol. The van der Waals surface area contributed by atoms with Crippen molar-refractivity contribution in [2.24, 2.45) is 0 Å². The maximum atomic E-state index is 12.5. The fourth-order valence-corrected chi connectivity index (χ4v) is 5.16. The van der Waals surface area contributed by atoms with Gasteiger partial charge in [0, 0.05) is 19.1 Å². The van der Waals surface area contributed by atoms with E-state index in [1.807, 2.05) is 11.0 Å². The summed E-state index contributed by atoms with van der Waals surface area (Å²) in [7, 11) is 0. The summed E-state index contributed by atoms with van der Waals surface area (Å²) in [4.78, 5) is 19.4. The van der Waals surface area contributed by atoms with Crippen LogP contribution in [0.25, 0.3) is 11.0 Å². The molecular weight excluding hydrogens is 330 g/mol. The lowest BCUT2D eigenvalue weighted by molar-refractivity contribution is -0.129. The van der Waals surface area contributed by atoms with Crippen molar-refractivity contribution < 1.29 is 4.79 Å². The van der Waals surface area contributed by atoms with Crippen LogP contribution in [0.2, 0.25) is 0 Å². The summed E-state index contributed by atoms with van der Waals surface area (Å²) in [5.41, 5.74) is 2.28. The smallest absolute Gasteiger partial charge is 0.233 e. The molecule has 1 aliphatic heterocycles. The maximum absolute atomic E-state index is 12.5. The largest absolute Gasteiger partial charge is 0.342 e. The number of aromatic nitrogens is 2. The lowest BCUT2D eigenvalue weighted by atomic mass is 9.95. The lowest BCUT2D eigenvalue weighted by Gasteiger charge is -2.27. The number of imidazole rings is 1. The first kappa shape index (κ1) is 17.0. The highest BCUT2D eigenvalue weighted by Gasteiger charge is 2.23. The van der Waals surface area contributed by atoms with Crippen LogP contribution in [0.15, 0.2) is 29.4 Å². The number of carbonyl (C=O) groups excluding carboxylic acids is 1. The predicted octanol–water partition coefficient (Wildman–Crippen LogP) is 4.65. The first-order chi connectivity index (χ1) is 12.3. The summed E-state index contributed by atoms with van der Waals surface area (Å²) in [6.45, 7) is 1.86. The average Bonchev–Trinajstić information content (AvgIpc) is 3.06. The summed E-state index contributed by atoms with van der Waals surface area (Å²) in [6, 6.07) is 8.94. The van der Waals surface area contributed by atoms with E-state index in [9.17, 15) is 4.79 Å². The van der Waals surface area contributed by atoms with E-state index in [0.29, 0.717) is 11.8 Å². The minimum absolute atomic E-state index is 0.270. The Kier molecular flexibility index (Phi) is 5.30. The van der Waals surface area contributed by atoms with Gasteiger partial charge in [0.15, 0.2) is 5.16 Å². The normalized spacial score (nSPS) is 19.4. The molecule has 2 fully saturated rings. The van der Waals surface area contributed by atoms with Gasteiger partial charge >= 0.3 is 0 Å². The van der Waals surface area contributed by atoms with Gasteiger partial charge in [-0.3, -0.25) is 4.79 Å². The Morgan fingerprint density at radius 3 is 2.56 bits per heavy atom. The molecule has 1 saturated heterocycles. The molecule has 0 bridgehead atoms. The molecule has 5 heteroatoms. The third-order valence-electron chi connectivity index (χ3n) is 5.54. The summed E-state index contributed by atoms with van der Waals surface area (Å²) in [6.07, 6.45) is 9.96. The van der Waals surface area contributed by atoms with Gasteiger partial charge in [-0.1, -0.05) is 43.2 Å². The minimum atomic E-state index is 0.270. The fraction of sp³-hybridized carbons (Fsp3) is 0.600. The van der Waals surface area contributed by atoms with E-state index >= 15 is 0 Å². The van der Waals surface area contributed by atoms with Crippen LogP contribution < -0.4 is 0 Å². The number of hydrogen-bond acceptors (Lipinski definition) is 3. The summed E-state index contributed by atoms with van der Waals surface area (Å²) >= 11 is 1.63. The zero-order valence-electron chi connectivity index (χ0n) is 14.8. The van der Waals surface area contributed by atoms with Crippen LogP contribution in [0.3, 0.4) is 0 Å². The van der Waals surface area contributed by atoms with Crippen molar-refractivity contribution in [3.05, 3.63) is 24.3 Å². The van der Waals surface area contributed by atoms with Crippen LogP contribution >= 0.6 is 11.8 Å². The molecular formula is C20H27N3OS. The molecule has 1 amide bonds. The Labute approximate surface area is 154 Å². The van der Waals surface area contributed by atoms with Gasteiger partial charge in [0.05, 0.1) is 16.8 Å². The van der Waals surface area contributed by atoms with Crippen molar-refractivity contribution in [1.29, 1.82) is 0 Å². The zero-order chi connectivity index (χ0) is 17.1. The van der Waals surface area contributed by atoms with Gasteiger partial charge in [0.25, 0.3) is 0 Å². The molecule has 0 radical (unpaired) electrons. The Morgan fingerprint density at radius 2 is 1.76 bits per heavy atom. The number of carbonyl (C=O) groups is 1. The van der Waals surface area contributed by atoms with Crippen molar-refractivity contribution in [1.82, 2.24) is 14.5 Å². The molecule has 0 N–H and O–H groups in total. The van der Waals surface area contributed by atoms with Crippen LogP contribution in [-0.4, -0.2) is 39.2 Å². The number of para-hydroxylation sites is 2. The first-order valence-electron chi connectivity index (χ1n) is 9.70. The second-order valence-electron chi connectivity index (χ2n) is 7.28.